The summed E-state index contributed by atoms with van der Waals surface area (Å²) in [6.45, 7) is 1.01. The van der Waals surface area contributed by atoms with Gasteiger partial charge >= 0.3 is 0 Å². The maximum Gasteiger partial charge on any atom is 0.0921 e. The zero-order valence-electron chi connectivity index (χ0n) is 6.77. The number of imidazole rings is 1. The fourth-order valence-corrected chi connectivity index (χ4v) is 1.19. The molecule has 0 radical (unpaired) electrons. The van der Waals surface area contributed by atoms with Gasteiger partial charge in [0.2, 0.25) is 0 Å². The first kappa shape index (κ1) is 7.16. The van der Waals surface area contributed by atoms with E-state index < -0.39 is 0 Å². The number of H-pyrrole nitrogens is 1. The Bertz CT molecular complexity index is 273. The number of aromatic amines is 1. The lowest BCUT2D eigenvalue weighted by Gasteiger charge is -1.99. The van der Waals surface area contributed by atoms with E-state index in [-0.39, 0.29) is 0 Å². The molecule has 3 heteroatoms. The Hall–Kier alpha value is -1.51. The molecule has 2 aromatic heterocycles. The van der Waals surface area contributed by atoms with Crippen LogP contribution in [-0.4, -0.2) is 14.5 Å². The van der Waals surface area contributed by atoms with Crippen molar-refractivity contribution >= 4 is 0 Å². The van der Waals surface area contributed by atoms with Gasteiger partial charge in [0.15, 0.2) is 0 Å². The summed E-state index contributed by atoms with van der Waals surface area (Å²) in [6.07, 6.45) is 8.72. The Morgan fingerprint density at radius 3 is 2.83 bits per heavy atom. The first-order chi connectivity index (χ1) is 5.95. The van der Waals surface area contributed by atoms with Gasteiger partial charge in [-0.15, -0.1) is 0 Å². The van der Waals surface area contributed by atoms with E-state index in [1.165, 1.54) is 5.69 Å². The Morgan fingerprint density at radius 2 is 2.17 bits per heavy atom. The van der Waals surface area contributed by atoms with E-state index in [0.29, 0.717) is 0 Å². The Labute approximate surface area is 71.1 Å². The van der Waals surface area contributed by atoms with Crippen molar-refractivity contribution in [3.05, 3.63) is 42.7 Å². The molecule has 0 aliphatic rings. The molecule has 2 rings (SSSR count). The van der Waals surface area contributed by atoms with Crippen molar-refractivity contribution in [3.8, 4) is 0 Å². The Kier molecular flexibility index (Phi) is 1.94. The molecule has 0 atom stereocenters. The predicted octanol–water partition coefficient (Wildman–Crippen LogP) is 1.45. The van der Waals surface area contributed by atoms with E-state index in [4.69, 9.17) is 0 Å². The fraction of sp³-hybridized carbons (Fsp3) is 0.222. The highest BCUT2D eigenvalue weighted by atomic mass is 14.9. The van der Waals surface area contributed by atoms with Gasteiger partial charge in [0.05, 0.1) is 6.33 Å². The molecular weight excluding hydrogens is 150 g/mol. The minimum atomic E-state index is 1.01. The summed E-state index contributed by atoms with van der Waals surface area (Å²) in [7, 11) is 0. The zero-order chi connectivity index (χ0) is 8.23. The second kappa shape index (κ2) is 3.26. The van der Waals surface area contributed by atoms with E-state index in [1.807, 2.05) is 18.3 Å². The molecule has 0 aliphatic heterocycles. The van der Waals surface area contributed by atoms with Crippen LogP contribution in [0.1, 0.15) is 5.69 Å². The summed E-state index contributed by atoms with van der Waals surface area (Å²) in [4.78, 5) is 7.03. The van der Waals surface area contributed by atoms with Crippen LogP contribution in [0.4, 0.5) is 0 Å². The Balaban J connectivity index is 1.91. The van der Waals surface area contributed by atoms with Crippen LogP contribution >= 0.6 is 0 Å². The van der Waals surface area contributed by atoms with Crippen molar-refractivity contribution in [2.24, 2.45) is 0 Å². The number of hydrogen-bond acceptors (Lipinski definition) is 1. The monoisotopic (exact) mass is 161 g/mol. The summed E-state index contributed by atoms with van der Waals surface area (Å²) in [5, 5.41) is 0. The van der Waals surface area contributed by atoms with Crippen molar-refractivity contribution < 1.29 is 0 Å². The number of aromatic nitrogens is 3. The molecule has 0 bridgehead atoms. The minimum Gasteiger partial charge on any atom is -0.354 e. The summed E-state index contributed by atoms with van der Waals surface area (Å²) < 4.78 is 2.15. The average molecular weight is 161 g/mol. The summed E-state index contributed by atoms with van der Waals surface area (Å²) in [5.74, 6) is 0. The van der Waals surface area contributed by atoms with Crippen molar-refractivity contribution in [1.82, 2.24) is 14.5 Å². The second-order valence-electron chi connectivity index (χ2n) is 2.75. The minimum absolute atomic E-state index is 1.01. The summed E-state index contributed by atoms with van der Waals surface area (Å²) >= 11 is 0. The van der Waals surface area contributed by atoms with E-state index >= 15 is 0 Å². The third-order valence-corrected chi connectivity index (χ3v) is 1.86. The highest BCUT2D eigenvalue weighted by molar-refractivity contribution is 4.96. The average Bonchev–Trinajstić information content (AvgIpc) is 2.74. The zero-order valence-corrected chi connectivity index (χ0v) is 6.77. The molecule has 1 N–H and O–H groups in total. The van der Waals surface area contributed by atoms with E-state index in [2.05, 4.69) is 26.9 Å². The van der Waals surface area contributed by atoms with E-state index in [1.54, 1.807) is 6.33 Å². The molecule has 12 heavy (non-hydrogen) atoms. The summed E-state index contributed by atoms with van der Waals surface area (Å²) in [6, 6.07) is 4.07. The van der Waals surface area contributed by atoms with Crippen LogP contribution in [0.25, 0.3) is 0 Å². The molecule has 0 aromatic carbocycles. The topological polar surface area (TPSA) is 33.6 Å². The number of nitrogens with zero attached hydrogens (tertiary/aromatic N) is 2. The first-order valence-corrected chi connectivity index (χ1v) is 4.03. The number of hydrogen-bond donors (Lipinski definition) is 1. The van der Waals surface area contributed by atoms with Gasteiger partial charge in [-0.25, -0.2) is 4.98 Å². The van der Waals surface area contributed by atoms with Crippen molar-refractivity contribution in [2.45, 2.75) is 13.0 Å². The molecule has 0 fully saturated rings. The molecule has 62 valence electrons. The highest BCUT2D eigenvalue weighted by Gasteiger charge is 1.93. The maximum atomic E-state index is 3.96. The smallest absolute Gasteiger partial charge is 0.0921 e. The standard InChI is InChI=1S/C9H11N3/c1-2-5-12(4-1)6-3-9-7-10-8-11-9/h1-2,4-5,7-8H,3,6H2,(H,10,11). The van der Waals surface area contributed by atoms with Crippen LogP contribution in [0.15, 0.2) is 37.1 Å². The highest BCUT2D eigenvalue weighted by Crippen LogP contribution is 1.97. The van der Waals surface area contributed by atoms with Gasteiger partial charge < -0.3 is 9.55 Å². The van der Waals surface area contributed by atoms with Crippen LogP contribution in [0.5, 0.6) is 0 Å². The van der Waals surface area contributed by atoms with Crippen molar-refractivity contribution in [3.63, 3.8) is 0 Å². The molecule has 2 heterocycles. The maximum absolute atomic E-state index is 3.96. The van der Waals surface area contributed by atoms with Gasteiger partial charge in [-0.1, -0.05) is 0 Å². The molecule has 0 amide bonds. The lowest BCUT2D eigenvalue weighted by Crippen LogP contribution is -1.97. The molecule has 0 saturated carbocycles. The number of rotatable bonds is 3. The number of nitrogens with one attached hydrogen (secondary N) is 1. The van der Waals surface area contributed by atoms with Gasteiger partial charge in [-0.3, -0.25) is 0 Å². The van der Waals surface area contributed by atoms with Gasteiger partial charge in [-0.05, 0) is 12.1 Å². The molecular formula is C9H11N3. The van der Waals surface area contributed by atoms with E-state index in [9.17, 15) is 0 Å². The third kappa shape index (κ3) is 1.56. The van der Waals surface area contributed by atoms with Crippen LogP contribution in [0.3, 0.4) is 0 Å². The lowest BCUT2D eigenvalue weighted by atomic mass is 10.3. The molecule has 0 unspecified atom stereocenters. The quantitative estimate of drug-likeness (QED) is 0.726. The lowest BCUT2D eigenvalue weighted by molar-refractivity contribution is 0.692. The van der Waals surface area contributed by atoms with Gasteiger partial charge in [0.25, 0.3) is 0 Å². The van der Waals surface area contributed by atoms with Crippen molar-refractivity contribution in [2.75, 3.05) is 0 Å². The Morgan fingerprint density at radius 1 is 1.33 bits per heavy atom. The van der Waals surface area contributed by atoms with Crippen molar-refractivity contribution in [1.29, 1.82) is 0 Å². The SMILES string of the molecule is c1ccn(CCc2cnc[nH]2)c1. The summed E-state index contributed by atoms with van der Waals surface area (Å²) in [5.41, 5.74) is 1.18. The second-order valence-corrected chi connectivity index (χ2v) is 2.75. The largest absolute Gasteiger partial charge is 0.354 e. The first-order valence-electron chi connectivity index (χ1n) is 4.03. The molecule has 0 saturated heterocycles. The molecule has 3 nitrogen and oxygen atoms in total. The van der Waals surface area contributed by atoms with Gasteiger partial charge in [0, 0.05) is 37.3 Å². The van der Waals surface area contributed by atoms with E-state index in [0.717, 1.165) is 13.0 Å². The molecule has 0 spiro atoms. The van der Waals surface area contributed by atoms with Crippen LogP contribution in [0, 0.1) is 0 Å². The van der Waals surface area contributed by atoms with Crippen LogP contribution in [-0.2, 0) is 13.0 Å². The fourth-order valence-electron chi connectivity index (χ4n) is 1.19. The normalized spacial score (nSPS) is 10.3. The van der Waals surface area contributed by atoms with Gasteiger partial charge in [0.1, 0.15) is 0 Å². The predicted molar refractivity (Wildman–Crippen MR) is 46.7 cm³/mol. The van der Waals surface area contributed by atoms with Gasteiger partial charge in [-0.2, -0.15) is 0 Å². The molecule has 2 aromatic rings. The number of aryl methyl sites for hydroxylation is 2. The van der Waals surface area contributed by atoms with Crippen LogP contribution < -0.4 is 0 Å². The van der Waals surface area contributed by atoms with Crippen LogP contribution in [0.2, 0.25) is 0 Å². The third-order valence-electron chi connectivity index (χ3n) is 1.86. The molecule has 0 aliphatic carbocycles.